The highest BCUT2D eigenvalue weighted by Crippen LogP contribution is 2.20. The van der Waals surface area contributed by atoms with Gasteiger partial charge in [-0.2, -0.15) is 0 Å². The first-order valence-electron chi connectivity index (χ1n) is 10.1. The number of nitrogens with zero attached hydrogens (tertiary/aromatic N) is 1. The van der Waals surface area contributed by atoms with E-state index < -0.39 is 29.8 Å². The molecule has 0 aliphatic carbocycles. The van der Waals surface area contributed by atoms with Crippen molar-refractivity contribution in [1.82, 2.24) is 4.90 Å². The number of nitrogens with two attached hydrogens (primary N) is 1. The average molecular weight is 423 g/mol. The molecule has 0 saturated carbocycles. The van der Waals surface area contributed by atoms with Crippen molar-refractivity contribution < 1.29 is 23.9 Å². The molecule has 31 heavy (non-hydrogen) atoms. The number of carbonyl (C=O) groups excluding carboxylic acids is 4. The van der Waals surface area contributed by atoms with Crippen LogP contribution >= 0.6 is 0 Å². The van der Waals surface area contributed by atoms with Gasteiger partial charge in [-0.05, 0) is 43.2 Å². The number of hydrogen-bond donors (Lipinski definition) is 2. The fourth-order valence-electron chi connectivity index (χ4n) is 3.34. The van der Waals surface area contributed by atoms with Crippen LogP contribution in [0.4, 0.5) is 5.69 Å². The normalized spacial score (nSPS) is 16.6. The van der Waals surface area contributed by atoms with E-state index >= 15 is 0 Å². The standard InChI is InChI=1S/C23H25N3O5/c1-15(22(29)25-19-9-7-17(8-10-19)21(24)28)31-23(30)18-13-20(27)26(14-18)12-11-16-5-3-2-4-6-16/h2-10,15,18H,11-14H2,1H3,(H2,24,28)(H,25,29)/t15-,18-/m0/s1. The molecule has 2 aromatic carbocycles. The predicted molar refractivity (Wildman–Crippen MR) is 114 cm³/mol. The molecule has 162 valence electrons. The Balaban J connectivity index is 1.48. The van der Waals surface area contributed by atoms with Crippen molar-refractivity contribution in [2.75, 3.05) is 18.4 Å². The molecule has 0 spiro atoms. The minimum atomic E-state index is -1.03. The number of amides is 3. The van der Waals surface area contributed by atoms with E-state index in [1.807, 2.05) is 30.3 Å². The second-order valence-corrected chi connectivity index (χ2v) is 7.49. The van der Waals surface area contributed by atoms with Gasteiger partial charge >= 0.3 is 5.97 Å². The Bertz CT molecular complexity index is 959. The van der Waals surface area contributed by atoms with E-state index in [0.29, 0.717) is 24.2 Å². The third kappa shape index (κ3) is 5.91. The number of hydrogen-bond acceptors (Lipinski definition) is 5. The van der Waals surface area contributed by atoms with Crippen LogP contribution in [-0.2, 0) is 25.5 Å². The predicted octanol–water partition coefficient (Wildman–Crippen LogP) is 1.75. The van der Waals surface area contributed by atoms with Gasteiger partial charge in [-0.1, -0.05) is 30.3 Å². The molecular formula is C23H25N3O5. The van der Waals surface area contributed by atoms with Gasteiger partial charge in [0.05, 0.1) is 5.92 Å². The summed E-state index contributed by atoms with van der Waals surface area (Å²) in [5.74, 6) is -2.32. The van der Waals surface area contributed by atoms with Gasteiger partial charge in [0.2, 0.25) is 11.8 Å². The van der Waals surface area contributed by atoms with Crippen LogP contribution in [0, 0.1) is 5.92 Å². The largest absolute Gasteiger partial charge is 0.452 e. The van der Waals surface area contributed by atoms with Crippen molar-refractivity contribution in [3.63, 3.8) is 0 Å². The van der Waals surface area contributed by atoms with Crippen LogP contribution in [0.5, 0.6) is 0 Å². The van der Waals surface area contributed by atoms with Gasteiger partial charge in [-0.15, -0.1) is 0 Å². The van der Waals surface area contributed by atoms with Gasteiger partial charge in [-0.25, -0.2) is 0 Å². The van der Waals surface area contributed by atoms with E-state index in [4.69, 9.17) is 10.5 Å². The molecule has 0 unspecified atom stereocenters. The topological polar surface area (TPSA) is 119 Å². The minimum absolute atomic E-state index is 0.0799. The van der Waals surface area contributed by atoms with E-state index in [0.717, 1.165) is 5.56 Å². The average Bonchev–Trinajstić information content (AvgIpc) is 3.14. The second-order valence-electron chi connectivity index (χ2n) is 7.49. The SMILES string of the molecule is C[C@H](OC(=O)[C@H]1CC(=O)N(CCc2ccccc2)C1)C(=O)Nc1ccc(C(N)=O)cc1. The van der Waals surface area contributed by atoms with Crippen molar-refractivity contribution in [3.8, 4) is 0 Å². The molecule has 3 rings (SSSR count). The number of esters is 1. The number of primary amides is 1. The lowest BCUT2D eigenvalue weighted by molar-refractivity contribution is -0.157. The molecule has 0 bridgehead atoms. The molecule has 3 amide bonds. The summed E-state index contributed by atoms with van der Waals surface area (Å²) < 4.78 is 5.29. The lowest BCUT2D eigenvalue weighted by Gasteiger charge is -2.18. The number of ether oxygens (including phenoxy) is 1. The molecule has 0 radical (unpaired) electrons. The van der Waals surface area contributed by atoms with Crippen LogP contribution in [0.15, 0.2) is 54.6 Å². The van der Waals surface area contributed by atoms with Crippen LogP contribution < -0.4 is 11.1 Å². The van der Waals surface area contributed by atoms with Crippen molar-refractivity contribution in [3.05, 3.63) is 65.7 Å². The zero-order valence-corrected chi connectivity index (χ0v) is 17.2. The Morgan fingerprint density at radius 3 is 2.45 bits per heavy atom. The molecule has 1 saturated heterocycles. The summed E-state index contributed by atoms with van der Waals surface area (Å²) in [6, 6.07) is 15.9. The Labute approximate surface area is 180 Å². The third-order valence-corrected chi connectivity index (χ3v) is 5.16. The monoisotopic (exact) mass is 423 g/mol. The third-order valence-electron chi connectivity index (χ3n) is 5.16. The number of nitrogens with one attached hydrogen (secondary N) is 1. The van der Waals surface area contributed by atoms with Crippen LogP contribution in [0.3, 0.4) is 0 Å². The second kappa shape index (κ2) is 9.88. The highest BCUT2D eigenvalue weighted by molar-refractivity contribution is 5.97. The summed E-state index contributed by atoms with van der Waals surface area (Å²) in [6.07, 6.45) is -0.241. The number of anilines is 1. The Kier molecular flexibility index (Phi) is 7.02. The first-order chi connectivity index (χ1) is 14.8. The van der Waals surface area contributed by atoms with Crippen LogP contribution in [0.25, 0.3) is 0 Å². The summed E-state index contributed by atoms with van der Waals surface area (Å²) >= 11 is 0. The van der Waals surface area contributed by atoms with Gasteiger partial charge in [0.1, 0.15) is 0 Å². The molecule has 2 atom stereocenters. The molecule has 1 fully saturated rings. The first kappa shape index (κ1) is 22.0. The lowest BCUT2D eigenvalue weighted by atomic mass is 10.1. The maximum absolute atomic E-state index is 12.5. The molecule has 2 aromatic rings. The Morgan fingerprint density at radius 2 is 1.81 bits per heavy atom. The lowest BCUT2D eigenvalue weighted by Crippen LogP contribution is -2.33. The Morgan fingerprint density at radius 1 is 1.13 bits per heavy atom. The highest BCUT2D eigenvalue weighted by Gasteiger charge is 2.36. The summed E-state index contributed by atoms with van der Waals surface area (Å²) in [5, 5.41) is 2.61. The summed E-state index contributed by atoms with van der Waals surface area (Å²) in [5.41, 5.74) is 7.07. The van der Waals surface area contributed by atoms with Crippen molar-refractivity contribution >= 4 is 29.4 Å². The number of benzene rings is 2. The van der Waals surface area contributed by atoms with E-state index in [2.05, 4.69) is 5.32 Å². The maximum Gasteiger partial charge on any atom is 0.312 e. The van der Waals surface area contributed by atoms with Gasteiger partial charge in [0, 0.05) is 30.8 Å². The highest BCUT2D eigenvalue weighted by atomic mass is 16.5. The fourth-order valence-corrected chi connectivity index (χ4v) is 3.34. The number of carbonyl (C=O) groups is 4. The van der Waals surface area contributed by atoms with Crippen molar-refractivity contribution in [2.24, 2.45) is 11.7 Å². The molecule has 8 nitrogen and oxygen atoms in total. The number of likely N-dealkylation sites (tertiary alicyclic amines) is 1. The first-order valence-corrected chi connectivity index (χ1v) is 10.1. The zero-order valence-electron chi connectivity index (χ0n) is 17.2. The van der Waals surface area contributed by atoms with E-state index in [1.165, 1.54) is 31.2 Å². The van der Waals surface area contributed by atoms with Gasteiger partial charge < -0.3 is 20.7 Å². The van der Waals surface area contributed by atoms with Crippen LogP contribution in [-0.4, -0.2) is 47.8 Å². The maximum atomic E-state index is 12.5. The zero-order chi connectivity index (χ0) is 22.4. The smallest absolute Gasteiger partial charge is 0.312 e. The van der Waals surface area contributed by atoms with Crippen LogP contribution in [0.2, 0.25) is 0 Å². The van der Waals surface area contributed by atoms with E-state index in [-0.39, 0.29) is 18.9 Å². The van der Waals surface area contributed by atoms with Crippen LogP contribution in [0.1, 0.15) is 29.3 Å². The molecule has 3 N–H and O–H groups in total. The molecule has 1 aliphatic rings. The van der Waals surface area contributed by atoms with Gasteiger partial charge in [0.25, 0.3) is 5.91 Å². The summed E-state index contributed by atoms with van der Waals surface area (Å²) in [6.45, 7) is 2.28. The molecule has 1 aliphatic heterocycles. The van der Waals surface area contributed by atoms with Gasteiger partial charge in [0.15, 0.2) is 6.10 Å². The number of rotatable bonds is 8. The molecule has 0 aromatic heterocycles. The summed E-state index contributed by atoms with van der Waals surface area (Å²) in [7, 11) is 0. The Hall–Kier alpha value is -3.68. The van der Waals surface area contributed by atoms with Crippen molar-refractivity contribution in [2.45, 2.75) is 25.9 Å². The van der Waals surface area contributed by atoms with Crippen molar-refractivity contribution in [1.29, 1.82) is 0 Å². The molecule has 8 heteroatoms. The fraction of sp³-hybridized carbons (Fsp3) is 0.304. The molecular weight excluding hydrogens is 398 g/mol. The van der Waals surface area contributed by atoms with E-state index in [9.17, 15) is 19.2 Å². The minimum Gasteiger partial charge on any atom is -0.452 e. The summed E-state index contributed by atoms with van der Waals surface area (Å²) in [4.78, 5) is 49.8. The van der Waals surface area contributed by atoms with Gasteiger partial charge in [-0.3, -0.25) is 19.2 Å². The molecule has 1 heterocycles. The quantitative estimate of drug-likeness (QED) is 0.627. The van der Waals surface area contributed by atoms with E-state index in [1.54, 1.807) is 4.90 Å².